The number of piperazine rings is 1. The van der Waals surface area contributed by atoms with Crippen LogP contribution in [0.25, 0.3) is 0 Å². The van der Waals surface area contributed by atoms with Crippen LogP contribution in [0.2, 0.25) is 0 Å². The molecule has 1 fully saturated rings. The van der Waals surface area contributed by atoms with Gasteiger partial charge < -0.3 is 10.2 Å². The lowest BCUT2D eigenvalue weighted by Crippen LogP contribution is -2.47. The Kier molecular flexibility index (Phi) is 6.89. The summed E-state index contributed by atoms with van der Waals surface area (Å²) in [6.07, 6.45) is 1.08. The summed E-state index contributed by atoms with van der Waals surface area (Å²) in [4.78, 5) is 17.6. The van der Waals surface area contributed by atoms with Crippen molar-refractivity contribution in [2.24, 2.45) is 0 Å². The van der Waals surface area contributed by atoms with Gasteiger partial charge in [0, 0.05) is 44.0 Å². The first-order valence-electron chi connectivity index (χ1n) is 9.65. The SMILES string of the molecule is CN1CCN(CC(NC(=O)c2cccc(NS(C)(=O)=O)c2)c2ccccc2)CC1. The fourth-order valence-corrected chi connectivity index (χ4v) is 3.94. The fraction of sp³-hybridized carbons (Fsp3) is 0.381. The van der Waals surface area contributed by atoms with Gasteiger partial charge in [0.25, 0.3) is 5.91 Å². The van der Waals surface area contributed by atoms with E-state index in [1.807, 2.05) is 30.3 Å². The Hall–Kier alpha value is -2.42. The van der Waals surface area contributed by atoms with E-state index in [0.717, 1.165) is 44.5 Å². The van der Waals surface area contributed by atoms with Crippen molar-refractivity contribution in [3.63, 3.8) is 0 Å². The summed E-state index contributed by atoms with van der Waals surface area (Å²) >= 11 is 0. The topological polar surface area (TPSA) is 81.8 Å². The zero-order valence-corrected chi connectivity index (χ0v) is 17.7. The number of rotatable bonds is 7. The molecule has 2 aromatic rings. The molecule has 156 valence electrons. The lowest BCUT2D eigenvalue weighted by Gasteiger charge is -2.35. The second kappa shape index (κ2) is 9.39. The van der Waals surface area contributed by atoms with E-state index >= 15 is 0 Å². The highest BCUT2D eigenvalue weighted by atomic mass is 32.2. The molecule has 1 unspecified atom stereocenters. The molecule has 0 saturated carbocycles. The molecule has 0 bridgehead atoms. The van der Waals surface area contributed by atoms with Crippen LogP contribution in [0.5, 0.6) is 0 Å². The number of amides is 1. The number of carbonyl (C=O) groups is 1. The van der Waals surface area contributed by atoms with Gasteiger partial charge in [-0.3, -0.25) is 14.4 Å². The molecule has 1 saturated heterocycles. The number of benzene rings is 2. The Bertz CT molecular complexity index is 926. The van der Waals surface area contributed by atoms with Crippen molar-refractivity contribution in [3.8, 4) is 0 Å². The normalized spacial score (nSPS) is 16.9. The molecule has 1 amide bonds. The van der Waals surface area contributed by atoms with Crippen LogP contribution in [0.4, 0.5) is 5.69 Å². The lowest BCUT2D eigenvalue weighted by molar-refractivity contribution is 0.0907. The smallest absolute Gasteiger partial charge is 0.251 e. The predicted octanol–water partition coefficient (Wildman–Crippen LogP) is 1.78. The Labute approximate surface area is 172 Å². The van der Waals surface area contributed by atoms with Crippen molar-refractivity contribution in [3.05, 3.63) is 65.7 Å². The predicted molar refractivity (Wildman–Crippen MR) is 115 cm³/mol. The van der Waals surface area contributed by atoms with Crippen LogP contribution in [0.1, 0.15) is 22.0 Å². The lowest BCUT2D eigenvalue weighted by atomic mass is 10.0. The summed E-state index contributed by atoms with van der Waals surface area (Å²) in [5, 5.41) is 3.13. The molecule has 3 rings (SSSR count). The zero-order chi connectivity index (χ0) is 20.9. The van der Waals surface area contributed by atoms with Crippen LogP contribution >= 0.6 is 0 Å². The van der Waals surface area contributed by atoms with Gasteiger partial charge in [0.1, 0.15) is 0 Å². The van der Waals surface area contributed by atoms with Crippen molar-refractivity contribution in [2.45, 2.75) is 6.04 Å². The van der Waals surface area contributed by atoms with E-state index in [-0.39, 0.29) is 11.9 Å². The summed E-state index contributed by atoms with van der Waals surface area (Å²) in [5.41, 5.74) is 1.83. The summed E-state index contributed by atoms with van der Waals surface area (Å²) < 4.78 is 25.3. The van der Waals surface area contributed by atoms with Gasteiger partial charge in [0.15, 0.2) is 0 Å². The molecule has 2 N–H and O–H groups in total. The zero-order valence-electron chi connectivity index (χ0n) is 16.8. The van der Waals surface area contributed by atoms with Gasteiger partial charge in [0.2, 0.25) is 10.0 Å². The Morgan fingerprint density at radius 3 is 2.38 bits per heavy atom. The molecule has 7 nitrogen and oxygen atoms in total. The maximum atomic E-state index is 12.9. The summed E-state index contributed by atoms with van der Waals surface area (Å²) in [5.74, 6) is -0.231. The van der Waals surface area contributed by atoms with E-state index in [1.54, 1.807) is 24.3 Å². The second-order valence-electron chi connectivity index (χ2n) is 7.50. The standard InChI is InChI=1S/C21H28N4O3S/c1-24-11-13-25(14-12-24)16-20(17-7-4-3-5-8-17)22-21(26)18-9-6-10-19(15-18)23-29(2,27)28/h3-10,15,20,23H,11-14,16H2,1-2H3,(H,22,26). The van der Waals surface area contributed by atoms with Crippen LogP contribution in [0.15, 0.2) is 54.6 Å². The summed E-state index contributed by atoms with van der Waals surface area (Å²) in [7, 11) is -1.29. The fourth-order valence-electron chi connectivity index (χ4n) is 3.39. The maximum absolute atomic E-state index is 12.9. The molecular formula is C21H28N4O3S. The van der Waals surface area contributed by atoms with Gasteiger partial charge in [0.05, 0.1) is 12.3 Å². The van der Waals surface area contributed by atoms with E-state index < -0.39 is 10.0 Å². The third kappa shape index (κ3) is 6.56. The molecule has 1 heterocycles. The minimum Gasteiger partial charge on any atom is -0.344 e. The first-order chi connectivity index (χ1) is 13.8. The number of nitrogens with zero attached hydrogens (tertiary/aromatic N) is 2. The largest absolute Gasteiger partial charge is 0.344 e. The quantitative estimate of drug-likeness (QED) is 0.719. The number of sulfonamides is 1. The van der Waals surface area contributed by atoms with Crippen molar-refractivity contribution < 1.29 is 13.2 Å². The molecular weight excluding hydrogens is 388 g/mol. The van der Waals surface area contributed by atoms with E-state index in [4.69, 9.17) is 0 Å². The van der Waals surface area contributed by atoms with E-state index in [0.29, 0.717) is 11.3 Å². The van der Waals surface area contributed by atoms with Crippen LogP contribution in [-0.4, -0.2) is 70.2 Å². The van der Waals surface area contributed by atoms with Crippen LogP contribution in [-0.2, 0) is 10.0 Å². The molecule has 1 atom stereocenters. The molecule has 0 radical (unpaired) electrons. The molecule has 0 aliphatic carbocycles. The third-order valence-corrected chi connectivity index (χ3v) is 5.58. The molecule has 1 aliphatic heterocycles. The van der Waals surface area contributed by atoms with Gasteiger partial charge in [-0.1, -0.05) is 36.4 Å². The van der Waals surface area contributed by atoms with Crippen LogP contribution in [0, 0.1) is 0 Å². The Morgan fingerprint density at radius 2 is 1.72 bits per heavy atom. The number of likely N-dealkylation sites (N-methyl/N-ethyl adjacent to an activating group) is 1. The second-order valence-corrected chi connectivity index (χ2v) is 9.24. The Balaban J connectivity index is 1.75. The number of hydrogen-bond donors (Lipinski definition) is 2. The molecule has 1 aliphatic rings. The first kappa shape index (κ1) is 21.3. The maximum Gasteiger partial charge on any atom is 0.251 e. The van der Waals surface area contributed by atoms with Crippen molar-refractivity contribution >= 4 is 21.6 Å². The summed E-state index contributed by atoms with van der Waals surface area (Å²) in [6.45, 7) is 4.67. The third-order valence-electron chi connectivity index (χ3n) is 4.97. The Morgan fingerprint density at radius 1 is 1.03 bits per heavy atom. The first-order valence-corrected chi connectivity index (χ1v) is 11.5. The van der Waals surface area contributed by atoms with Crippen molar-refractivity contribution in [1.82, 2.24) is 15.1 Å². The number of hydrogen-bond acceptors (Lipinski definition) is 5. The van der Waals surface area contributed by atoms with Gasteiger partial charge in [-0.15, -0.1) is 0 Å². The number of nitrogens with one attached hydrogen (secondary N) is 2. The molecule has 29 heavy (non-hydrogen) atoms. The molecule has 0 spiro atoms. The van der Waals surface area contributed by atoms with Gasteiger partial charge in [-0.2, -0.15) is 0 Å². The molecule has 2 aromatic carbocycles. The average Bonchev–Trinajstić information content (AvgIpc) is 2.68. The monoisotopic (exact) mass is 416 g/mol. The van der Waals surface area contributed by atoms with Gasteiger partial charge in [-0.05, 0) is 30.8 Å². The average molecular weight is 417 g/mol. The highest BCUT2D eigenvalue weighted by Crippen LogP contribution is 2.18. The van der Waals surface area contributed by atoms with Crippen LogP contribution < -0.4 is 10.0 Å². The van der Waals surface area contributed by atoms with Gasteiger partial charge >= 0.3 is 0 Å². The summed E-state index contributed by atoms with van der Waals surface area (Å²) in [6, 6.07) is 16.3. The van der Waals surface area contributed by atoms with E-state index in [2.05, 4.69) is 26.9 Å². The number of carbonyl (C=O) groups excluding carboxylic acids is 1. The molecule has 8 heteroatoms. The van der Waals surface area contributed by atoms with Gasteiger partial charge in [-0.25, -0.2) is 8.42 Å². The van der Waals surface area contributed by atoms with Crippen molar-refractivity contribution in [2.75, 3.05) is 50.7 Å². The number of anilines is 1. The van der Waals surface area contributed by atoms with E-state index in [1.165, 1.54) is 0 Å². The highest BCUT2D eigenvalue weighted by Gasteiger charge is 2.22. The molecule has 0 aromatic heterocycles. The minimum absolute atomic E-state index is 0.154. The minimum atomic E-state index is -3.40. The van der Waals surface area contributed by atoms with Crippen LogP contribution in [0.3, 0.4) is 0 Å². The van der Waals surface area contributed by atoms with E-state index in [9.17, 15) is 13.2 Å². The van der Waals surface area contributed by atoms with Crippen molar-refractivity contribution in [1.29, 1.82) is 0 Å². The highest BCUT2D eigenvalue weighted by molar-refractivity contribution is 7.92.